The molecule has 3 N–H and O–H groups in total. The predicted molar refractivity (Wildman–Crippen MR) is 115 cm³/mol. The van der Waals surface area contributed by atoms with Crippen LogP contribution in [0.3, 0.4) is 0 Å². The highest BCUT2D eigenvalue weighted by atomic mass is 16.1. The molecule has 1 heterocycles. The molecule has 0 aliphatic heterocycles. The van der Waals surface area contributed by atoms with E-state index in [1.165, 1.54) is 0 Å². The molecule has 0 unspecified atom stereocenters. The van der Waals surface area contributed by atoms with Gasteiger partial charge in [0, 0.05) is 35.1 Å². The molecule has 0 saturated carbocycles. The van der Waals surface area contributed by atoms with Gasteiger partial charge in [0.05, 0.1) is 11.0 Å². The van der Waals surface area contributed by atoms with Gasteiger partial charge in [0.15, 0.2) is 5.78 Å². The summed E-state index contributed by atoms with van der Waals surface area (Å²) in [4.78, 5) is 28.7. The molecule has 29 heavy (non-hydrogen) atoms. The van der Waals surface area contributed by atoms with Crippen molar-refractivity contribution in [2.24, 2.45) is 7.05 Å². The van der Waals surface area contributed by atoms with Gasteiger partial charge in [-0.2, -0.15) is 0 Å². The van der Waals surface area contributed by atoms with Crippen molar-refractivity contribution in [2.75, 3.05) is 11.1 Å². The van der Waals surface area contributed by atoms with Gasteiger partial charge in [-0.1, -0.05) is 0 Å². The summed E-state index contributed by atoms with van der Waals surface area (Å²) in [5.74, 6) is 0.616. The van der Waals surface area contributed by atoms with Crippen LogP contribution >= 0.6 is 0 Å². The maximum Gasteiger partial charge on any atom is 0.255 e. The van der Waals surface area contributed by atoms with Crippen molar-refractivity contribution in [3.05, 3.63) is 77.9 Å². The van der Waals surface area contributed by atoms with E-state index < -0.39 is 0 Å². The lowest BCUT2D eigenvalue weighted by Crippen LogP contribution is -2.11. The van der Waals surface area contributed by atoms with Gasteiger partial charge in [-0.3, -0.25) is 9.59 Å². The maximum atomic E-state index is 12.3. The fourth-order valence-corrected chi connectivity index (χ4v) is 3.21. The Labute approximate surface area is 168 Å². The molecule has 6 heteroatoms. The second kappa shape index (κ2) is 7.24. The number of carbonyl (C=O) groups is 2. The van der Waals surface area contributed by atoms with Gasteiger partial charge in [0.1, 0.15) is 5.82 Å². The van der Waals surface area contributed by atoms with Gasteiger partial charge >= 0.3 is 0 Å². The highest BCUT2D eigenvalue weighted by Crippen LogP contribution is 2.26. The molecule has 3 aromatic carbocycles. The number of aromatic nitrogens is 2. The summed E-state index contributed by atoms with van der Waals surface area (Å²) in [6.07, 6.45) is 0. The minimum absolute atomic E-state index is 0.0239. The fraction of sp³-hybridized carbons (Fsp3) is 0.0870. The van der Waals surface area contributed by atoms with Gasteiger partial charge in [0.2, 0.25) is 0 Å². The van der Waals surface area contributed by atoms with E-state index in [-0.39, 0.29) is 11.7 Å². The van der Waals surface area contributed by atoms with Gasteiger partial charge in [-0.25, -0.2) is 4.98 Å². The number of Topliss-reactive ketones (excluding diaryl/α,β-unsaturated/α-hetero) is 1. The number of hydrogen-bond donors (Lipinski definition) is 2. The van der Waals surface area contributed by atoms with Crippen LogP contribution in [0.5, 0.6) is 0 Å². The zero-order valence-corrected chi connectivity index (χ0v) is 16.1. The summed E-state index contributed by atoms with van der Waals surface area (Å²) in [6.45, 7) is 1.55. The largest absolute Gasteiger partial charge is 0.399 e. The van der Waals surface area contributed by atoms with Gasteiger partial charge in [-0.05, 0) is 73.7 Å². The fourth-order valence-electron chi connectivity index (χ4n) is 3.21. The third-order valence-electron chi connectivity index (χ3n) is 4.86. The number of imidazole rings is 1. The summed E-state index contributed by atoms with van der Waals surface area (Å²) >= 11 is 0. The van der Waals surface area contributed by atoms with Crippen molar-refractivity contribution in [3.8, 4) is 11.4 Å². The molecule has 1 aromatic heterocycles. The number of nitrogen functional groups attached to an aromatic ring is 1. The van der Waals surface area contributed by atoms with E-state index in [2.05, 4.69) is 10.3 Å². The topological polar surface area (TPSA) is 90.0 Å². The molecule has 0 bridgehead atoms. The lowest BCUT2D eigenvalue weighted by molar-refractivity contribution is 0.101. The number of nitrogens with two attached hydrogens (primary N) is 1. The van der Waals surface area contributed by atoms with Crippen molar-refractivity contribution in [2.45, 2.75) is 6.92 Å². The van der Waals surface area contributed by atoms with Crippen LogP contribution in [-0.2, 0) is 7.05 Å². The number of benzene rings is 3. The molecule has 0 radical (unpaired) electrons. The zero-order chi connectivity index (χ0) is 20.5. The zero-order valence-electron chi connectivity index (χ0n) is 16.1. The molecular weight excluding hydrogens is 364 g/mol. The van der Waals surface area contributed by atoms with Crippen LogP contribution in [0.2, 0.25) is 0 Å². The minimum Gasteiger partial charge on any atom is -0.399 e. The number of aryl methyl sites for hydroxylation is 1. The van der Waals surface area contributed by atoms with Gasteiger partial charge in [-0.15, -0.1) is 0 Å². The van der Waals surface area contributed by atoms with Crippen molar-refractivity contribution in [3.63, 3.8) is 0 Å². The third kappa shape index (κ3) is 3.60. The van der Waals surface area contributed by atoms with E-state index in [1.807, 2.05) is 48.0 Å². The van der Waals surface area contributed by atoms with Gasteiger partial charge in [0.25, 0.3) is 5.91 Å². The molecule has 0 saturated heterocycles. The highest BCUT2D eigenvalue weighted by Gasteiger charge is 2.12. The lowest BCUT2D eigenvalue weighted by atomic mass is 10.1. The smallest absolute Gasteiger partial charge is 0.255 e. The van der Waals surface area contributed by atoms with Crippen LogP contribution in [0.25, 0.3) is 22.4 Å². The van der Waals surface area contributed by atoms with Crippen molar-refractivity contribution in [1.29, 1.82) is 0 Å². The van der Waals surface area contributed by atoms with E-state index >= 15 is 0 Å². The maximum absolute atomic E-state index is 12.3. The highest BCUT2D eigenvalue weighted by molar-refractivity contribution is 6.04. The quantitative estimate of drug-likeness (QED) is 0.406. The summed E-state index contributed by atoms with van der Waals surface area (Å²) in [5, 5.41) is 2.87. The number of carbonyl (C=O) groups excluding carboxylic acids is 2. The second-order valence-corrected chi connectivity index (χ2v) is 6.91. The first-order chi connectivity index (χ1) is 13.9. The molecule has 0 aliphatic carbocycles. The molecule has 0 atom stereocenters. The molecule has 4 aromatic rings. The molecule has 6 nitrogen and oxygen atoms in total. The minimum atomic E-state index is -0.197. The number of amides is 1. The van der Waals surface area contributed by atoms with E-state index in [4.69, 9.17) is 5.73 Å². The standard InChI is InChI=1S/C23H20N4O2/c1-14(28)17-7-12-20-21(13-17)27(2)22(26-20)15-5-10-19(11-6-15)25-23(29)16-3-8-18(24)9-4-16/h3-13H,24H2,1-2H3,(H,25,29). The average molecular weight is 384 g/mol. The van der Waals surface area contributed by atoms with E-state index in [9.17, 15) is 9.59 Å². The Morgan fingerprint density at radius 2 is 1.59 bits per heavy atom. The molecule has 0 fully saturated rings. The number of rotatable bonds is 4. The SMILES string of the molecule is CC(=O)c1ccc2nc(-c3ccc(NC(=O)c4ccc(N)cc4)cc3)n(C)c2c1. The Bertz CT molecular complexity index is 1220. The molecule has 1 amide bonds. The van der Waals surface area contributed by atoms with E-state index in [0.717, 1.165) is 22.4 Å². The first-order valence-electron chi connectivity index (χ1n) is 9.17. The summed E-state index contributed by atoms with van der Waals surface area (Å²) in [6, 6.07) is 19.8. The monoisotopic (exact) mass is 384 g/mol. The first kappa shape index (κ1) is 18.4. The Morgan fingerprint density at radius 1 is 0.931 bits per heavy atom. The van der Waals surface area contributed by atoms with Crippen LogP contribution in [0, 0.1) is 0 Å². The van der Waals surface area contributed by atoms with Crippen molar-refractivity contribution < 1.29 is 9.59 Å². The summed E-state index contributed by atoms with van der Waals surface area (Å²) in [7, 11) is 1.92. The summed E-state index contributed by atoms with van der Waals surface area (Å²) in [5.41, 5.74) is 10.8. The van der Waals surface area contributed by atoms with E-state index in [0.29, 0.717) is 22.5 Å². The summed E-state index contributed by atoms with van der Waals surface area (Å²) < 4.78 is 1.96. The molecular formula is C23H20N4O2. The lowest BCUT2D eigenvalue weighted by Gasteiger charge is -2.07. The van der Waals surface area contributed by atoms with Crippen molar-refractivity contribution >= 4 is 34.1 Å². The number of nitrogens with zero attached hydrogens (tertiary/aromatic N) is 2. The normalized spacial score (nSPS) is 10.8. The predicted octanol–water partition coefficient (Wildman–Crippen LogP) is 4.28. The Kier molecular flexibility index (Phi) is 4.60. The molecule has 4 rings (SSSR count). The van der Waals surface area contributed by atoms with Crippen LogP contribution in [0.1, 0.15) is 27.6 Å². The number of nitrogens with one attached hydrogen (secondary N) is 1. The number of fused-ring (bicyclic) bond motifs is 1. The Morgan fingerprint density at radius 3 is 2.24 bits per heavy atom. The van der Waals surface area contributed by atoms with Crippen LogP contribution < -0.4 is 11.1 Å². The van der Waals surface area contributed by atoms with Crippen LogP contribution in [0.4, 0.5) is 11.4 Å². The van der Waals surface area contributed by atoms with Crippen LogP contribution in [0.15, 0.2) is 66.7 Å². The number of anilines is 2. The first-order valence-corrected chi connectivity index (χ1v) is 9.17. The number of hydrogen-bond acceptors (Lipinski definition) is 4. The Hall–Kier alpha value is -3.93. The van der Waals surface area contributed by atoms with Gasteiger partial charge < -0.3 is 15.6 Å². The van der Waals surface area contributed by atoms with Crippen LogP contribution in [-0.4, -0.2) is 21.2 Å². The average Bonchev–Trinajstić information content (AvgIpc) is 3.05. The Balaban J connectivity index is 1.59. The van der Waals surface area contributed by atoms with E-state index in [1.54, 1.807) is 37.3 Å². The molecule has 0 aliphatic rings. The second-order valence-electron chi connectivity index (χ2n) is 6.91. The number of ketones is 1. The molecule has 0 spiro atoms. The van der Waals surface area contributed by atoms with Crippen molar-refractivity contribution in [1.82, 2.24) is 9.55 Å². The third-order valence-corrected chi connectivity index (χ3v) is 4.86. The molecule has 144 valence electrons.